The van der Waals surface area contributed by atoms with E-state index in [9.17, 15) is 18.0 Å². The summed E-state index contributed by atoms with van der Waals surface area (Å²) in [6, 6.07) is 4.08. The summed E-state index contributed by atoms with van der Waals surface area (Å²) in [4.78, 5) is 22.9. The fourth-order valence-electron chi connectivity index (χ4n) is 2.10. The maximum Gasteiger partial charge on any atom is 0.319 e. The lowest BCUT2D eigenvalue weighted by molar-refractivity contribution is -0.137. The van der Waals surface area contributed by atoms with Crippen LogP contribution in [0.4, 0.5) is 10.5 Å². The van der Waals surface area contributed by atoms with Crippen molar-refractivity contribution in [1.82, 2.24) is 9.62 Å². The van der Waals surface area contributed by atoms with Crippen molar-refractivity contribution in [2.24, 2.45) is 0 Å². The normalized spacial score (nSPS) is 12.1. The summed E-state index contributed by atoms with van der Waals surface area (Å²) >= 11 is 0. The van der Waals surface area contributed by atoms with E-state index in [1.165, 1.54) is 20.2 Å². The Bertz CT molecular complexity index is 757. The first-order valence-corrected chi connectivity index (χ1v) is 9.13. The number of benzene rings is 1. The van der Waals surface area contributed by atoms with Gasteiger partial charge in [0.1, 0.15) is 0 Å². The standard InChI is InChI=1S/C16H25N3O5S/c1-11-6-7-12(10-13(11)25(23,24)19(4)5)17-15(22)18-16(2,3)9-8-14(20)21/h6-7,10H,8-9H2,1-5H3,(H,20,21)(H2,17,18,22). The maximum atomic E-state index is 12.3. The minimum atomic E-state index is -3.62. The molecule has 0 aliphatic rings. The molecular formula is C16H25N3O5S. The van der Waals surface area contributed by atoms with Gasteiger partial charge >= 0.3 is 12.0 Å². The maximum absolute atomic E-state index is 12.3. The van der Waals surface area contributed by atoms with E-state index in [1.807, 2.05) is 0 Å². The summed E-state index contributed by atoms with van der Waals surface area (Å²) in [6.45, 7) is 5.11. The number of hydrogen-bond donors (Lipinski definition) is 3. The van der Waals surface area contributed by atoms with Crippen molar-refractivity contribution in [3.05, 3.63) is 23.8 Å². The number of nitrogens with zero attached hydrogens (tertiary/aromatic N) is 1. The van der Waals surface area contributed by atoms with E-state index in [1.54, 1.807) is 32.9 Å². The number of anilines is 1. The second-order valence-electron chi connectivity index (χ2n) is 6.62. The molecule has 0 saturated carbocycles. The van der Waals surface area contributed by atoms with Gasteiger partial charge < -0.3 is 15.7 Å². The third kappa shape index (κ3) is 6.02. The molecule has 0 aliphatic heterocycles. The van der Waals surface area contributed by atoms with Gasteiger partial charge in [-0.05, 0) is 44.9 Å². The van der Waals surface area contributed by atoms with Crippen LogP contribution < -0.4 is 10.6 Å². The van der Waals surface area contributed by atoms with Crippen molar-refractivity contribution < 1.29 is 23.1 Å². The molecule has 2 amide bonds. The number of sulfonamides is 1. The van der Waals surface area contributed by atoms with Crippen LogP contribution in [0.2, 0.25) is 0 Å². The van der Waals surface area contributed by atoms with Crippen molar-refractivity contribution >= 4 is 27.7 Å². The van der Waals surface area contributed by atoms with Crippen LogP contribution in [0, 0.1) is 6.92 Å². The number of aryl methyl sites for hydroxylation is 1. The predicted octanol–water partition coefficient (Wildman–Crippen LogP) is 2.01. The van der Waals surface area contributed by atoms with Crippen LogP contribution in [0.1, 0.15) is 32.3 Å². The molecule has 0 aromatic heterocycles. The summed E-state index contributed by atoms with van der Waals surface area (Å²) in [7, 11) is -0.749. The molecule has 25 heavy (non-hydrogen) atoms. The summed E-state index contributed by atoms with van der Waals surface area (Å²) in [6.07, 6.45) is 0.201. The lowest BCUT2D eigenvalue weighted by Crippen LogP contribution is -2.45. The molecule has 1 aromatic rings. The number of carboxylic acids is 1. The lowest BCUT2D eigenvalue weighted by Gasteiger charge is -2.25. The molecule has 3 N–H and O–H groups in total. The average Bonchev–Trinajstić information content (AvgIpc) is 2.46. The summed E-state index contributed by atoms with van der Waals surface area (Å²) in [5, 5.41) is 14.0. The van der Waals surface area contributed by atoms with E-state index in [-0.39, 0.29) is 17.7 Å². The highest BCUT2D eigenvalue weighted by molar-refractivity contribution is 7.89. The lowest BCUT2D eigenvalue weighted by atomic mass is 9.99. The highest BCUT2D eigenvalue weighted by Gasteiger charge is 2.23. The number of carboxylic acid groups (broad SMARTS) is 1. The molecule has 0 saturated heterocycles. The van der Waals surface area contributed by atoms with Crippen LogP contribution in [-0.2, 0) is 14.8 Å². The van der Waals surface area contributed by atoms with Crippen molar-refractivity contribution in [2.75, 3.05) is 19.4 Å². The van der Waals surface area contributed by atoms with Crippen molar-refractivity contribution in [1.29, 1.82) is 0 Å². The fourth-order valence-corrected chi connectivity index (χ4v) is 3.25. The molecule has 0 aliphatic carbocycles. The van der Waals surface area contributed by atoms with Gasteiger partial charge in [0.05, 0.1) is 4.90 Å². The van der Waals surface area contributed by atoms with E-state index in [0.717, 1.165) is 4.31 Å². The minimum Gasteiger partial charge on any atom is -0.481 e. The SMILES string of the molecule is Cc1ccc(NC(=O)NC(C)(C)CCC(=O)O)cc1S(=O)(=O)N(C)C. The molecule has 9 heteroatoms. The van der Waals surface area contributed by atoms with E-state index >= 15 is 0 Å². The Labute approximate surface area is 148 Å². The molecule has 0 heterocycles. The Morgan fingerprint density at radius 1 is 1.24 bits per heavy atom. The Kier molecular flexibility index (Phi) is 6.55. The van der Waals surface area contributed by atoms with Gasteiger partial charge in [0.15, 0.2) is 0 Å². The molecule has 0 fully saturated rings. The van der Waals surface area contributed by atoms with Gasteiger partial charge in [0.2, 0.25) is 10.0 Å². The van der Waals surface area contributed by atoms with E-state index in [2.05, 4.69) is 10.6 Å². The molecule has 8 nitrogen and oxygen atoms in total. The number of carbonyl (C=O) groups is 2. The first-order valence-electron chi connectivity index (χ1n) is 7.69. The highest BCUT2D eigenvalue weighted by Crippen LogP contribution is 2.22. The number of carbonyl (C=O) groups excluding carboxylic acids is 1. The summed E-state index contributed by atoms with van der Waals surface area (Å²) < 4.78 is 25.7. The molecule has 0 spiro atoms. The van der Waals surface area contributed by atoms with E-state index < -0.39 is 27.6 Å². The van der Waals surface area contributed by atoms with Crippen LogP contribution in [0.25, 0.3) is 0 Å². The van der Waals surface area contributed by atoms with Crippen LogP contribution >= 0.6 is 0 Å². The number of amides is 2. The average molecular weight is 371 g/mol. The smallest absolute Gasteiger partial charge is 0.319 e. The molecule has 0 atom stereocenters. The number of hydrogen-bond acceptors (Lipinski definition) is 4. The quantitative estimate of drug-likeness (QED) is 0.678. The van der Waals surface area contributed by atoms with Crippen LogP contribution in [-0.4, -0.2) is 49.5 Å². The molecule has 0 radical (unpaired) electrons. The zero-order valence-electron chi connectivity index (χ0n) is 15.1. The Hall–Kier alpha value is -2.13. The van der Waals surface area contributed by atoms with Gasteiger partial charge in [-0.3, -0.25) is 4.79 Å². The third-order valence-corrected chi connectivity index (χ3v) is 5.58. The summed E-state index contributed by atoms with van der Waals surface area (Å²) in [5.41, 5.74) is 0.185. The molecule has 0 bridgehead atoms. The first-order chi connectivity index (χ1) is 11.3. The number of nitrogens with one attached hydrogen (secondary N) is 2. The topological polar surface area (TPSA) is 116 Å². The first kappa shape index (κ1) is 20.9. The van der Waals surface area contributed by atoms with Crippen molar-refractivity contribution in [2.45, 2.75) is 44.0 Å². The van der Waals surface area contributed by atoms with Crippen LogP contribution in [0.15, 0.2) is 23.1 Å². The molecule has 1 aromatic carbocycles. The van der Waals surface area contributed by atoms with Gasteiger partial charge in [0.25, 0.3) is 0 Å². The zero-order chi connectivity index (χ0) is 19.4. The number of rotatable bonds is 7. The molecular weight excluding hydrogens is 346 g/mol. The van der Waals surface area contributed by atoms with Crippen molar-refractivity contribution in [3.63, 3.8) is 0 Å². The van der Waals surface area contributed by atoms with Gasteiger partial charge in [0, 0.05) is 31.7 Å². The monoisotopic (exact) mass is 371 g/mol. The zero-order valence-corrected chi connectivity index (χ0v) is 15.9. The van der Waals surface area contributed by atoms with Crippen molar-refractivity contribution in [3.8, 4) is 0 Å². The summed E-state index contributed by atoms with van der Waals surface area (Å²) in [5.74, 6) is -0.938. The van der Waals surface area contributed by atoms with Crippen LogP contribution in [0.3, 0.4) is 0 Å². The van der Waals surface area contributed by atoms with Gasteiger partial charge in [-0.1, -0.05) is 6.07 Å². The van der Waals surface area contributed by atoms with Gasteiger partial charge in [-0.15, -0.1) is 0 Å². The Balaban J connectivity index is 2.90. The Morgan fingerprint density at radius 3 is 2.36 bits per heavy atom. The van der Waals surface area contributed by atoms with Gasteiger partial charge in [-0.2, -0.15) is 0 Å². The van der Waals surface area contributed by atoms with E-state index in [4.69, 9.17) is 5.11 Å². The molecule has 0 unspecified atom stereocenters. The van der Waals surface area contributed by atoms with E-state index in [0.29, 0.717) is 11.3 Å². The fraction of sp³-hybridized carbons (Fsp3) is 0.500. The number of urea groups is 1. The minimum absolute atomic E-state index is 0.0664. The molecule has 1 rings (SSSR count). The second-order valence-corrected chi connectivity index (χ2v) is 8.74. The van der Waals surface area contributed by atoms with Gasteiger partial charge in [-0.25, -0.2) is 17.5 Å². The third-order valence-electron chi connectivity index (χ3n) is 3.62. The Morgan fingerprint density at radius 2 is 1.84 bits per heavy atom. The predicted molar refractivity (Wildman–Crippen MR) is 95.2 cm³/mol. The second kappa shape index (κ2) is 7.83. The molecule has 140 valence electrons. The van der Waals surface area contributed by atoms with Crippen LogP contribution in [0.5, 0.6) is 0 Å². The number of aliphatic carboxylic acids is 1. The highest BCUT2D eigenvalue weighted by atomic mass is 32.2. The largest absolute Gasteiger partial charge is 0.481 e.